The lowest BCUT2D eigenvalue weighted by molar-refractivity contribution is -0.141. The Bertz CT molecular complexity index is 907. The third kappa shape index (κ3) is 7.58. The zero-order valence-corrected chi connectivity index (χ0v) is 18.1. The van der Waals surface area contributed by atoms with Crippen molar-refractivity contribution >= 4 is 29.4 Å². The van der Waals surface area contributed by atoms with Crippen LogP contribution in [0.3, 0.4) is 0 Å². The molecule has 4 N–H and O–H groups in total. The van der Waals surface area contributed by atoms with Crippen LogP contribution >= 0.6 is 11.6 Å². The van der Waals surface area contributed by atoms with Crippen LogP contribution in [-0.4, -0.2) is 55.2 Å². The van der Waals surface area contributed by atoms with Crippen LogP contribution in [0.1, 0.15) is 22.8 Å². The number of rotatable bonds is 11. The van der Waals surface area contributed by atoms with E-state index in [4.69, 9.17) is 21.4 Å². The lowest BCUT2D eigenvalue weighted by atomic mass is 10.0. The fraction of sp³-hybridized carbons (Fsp3) is 0.318. The van der Waals surface area contributed by atoms with E-state index in [0.717, 1.165) is 5.56 Å². The quantitative estimate of drug-likeness (QED) is 0.391. The minimum atomic E-state index is -1.17. The maximum atomic E-state index is 13.0. The van der Waals surface area contributed by atoms with Gasteiger partial charge >= 0.3 is 5.97 Å². The maximum absolute atomic E-state index is 13.0. The van der Waals surface area contributed by atoms with Crippen LogP contribution in [0.25, 0.3) is 0 Å². The number of hydrogen-bond donors (Lipinski definition) is 4. The Morgan fingerprint density at radius 3 is 2.45 bits per heavy atom. The molecule has 0 fully saturated rings. The lowest BCUT2D eigenvalue weighted by Crippen LogP contribution is -2.51. The Morgan fingerprint density at radius 2 is 1.81 bits per heavy atom. The van der Waals surface area contributed by atoms with Gasteiger partial charge in [-0.1, -0.05) is 41.9 Å². The van der Waals surface area contributed by atoms with Crippen LogP contribution in [-0.2, 0) is 16.0 Å². The highest BCUT2D eigenvalue weighted by atomic mass is 35.5. The summed E-state index contributed by atoms with van der Waals surface area (Å²) in [5.41, 5.74) is 0.989. The van der Waals surface area contributed by atoms with Gasteiger partial charge < -0.3 is 25.8 Å². The summed E-state index contributed by atoms with van der Waals surface area (Å²) < 4.78 is 5.65. The van der Waals surface area contributed by atoms with Gasteiger partial charge in [0.05, 0.1) is 5.56 Å². The smallest absolute Gasteiger partial charge is 0.325 e. The Kier molecular flexibility index (Phi) is 9.30. The first-order valence-electron chi connectivity index (χ1n) is 9.76. The molecule has 0 saturated heterocycles. The molecule has 2 atom stereocenters. The molecule has 2 aromatic carbocycles. The third-order valence-electron chi connectivity index (χ3n) is 4.43. The first-order chi connectivity index (χ1) is 14.8. The number of carbonyl (C=O) groups excluding carboxylic acids is 2. The number of nitrogens with one attached hydrogen (secondary N) is 3. The van der Waals surface area contributed by atoms with E-state index in [2.05, 4.69) is 16.0 Å². The molecule has 0 bridgehead atoms. The highest BCUT2D eigenvalue weighted by Gasteiger charge is 2.26. The molecule has 0 unspecified atom stereocenters. The molecular weight excluding hydrogens is 422 g/mol. The molecule has 2 rings (SSSR count). The van der Waals surface area contributed by atoms with Crippen LogP contribution in [0.2, 0.25) is 5.02 Å². The van der Waals surface area contributed by atoms with Gasteiger partial charge in [0.25, 0.3) is 5.91 Å². The molecule has 0 aromatic heterocycles. The van der Waals surface area contributed by atoms with Gasteiger partial charge in [-0.15, -0.1) is 0 Å². The van der Waals surface area contributed by atoms with Crippen LogP contribution in [0.5, 0.6) is 5.75 Å². The number of hydrogen-bond acceptors (Lipinski definition) is 5. The molecule has 0 saturated carbocycles. The van der Waals surface area contributed by atoms with Gasteiger partial charge in [0.2, 0.25) is 5.91 Å². The molecule has 166 valence electrons. The Morgan fingerprint density at radius 1 is 1.10 bits per heavy atom. The molecule has 2 aromatic rings. The summed E-state index contributed by atoms with van der Waals surface area (Å²) in [5, 5.41) is 17.5. The summed E-state index contributed by atoms with van der Waals surface area (Å²) >= 11 is 6.06. The second-order valence-corrected chi connectivity index (χ2v) is 7.31. The summed E-state index contributed by atoms with van der Waals surface area (Å²) in [6, 6.07) is 11.7. The minimum Gasteiger partial charge on any atom is -0.491 e. The molecule has 2 amide bonds. The lowest BCUT2D eigenvalue weighted by Gasteiger charge is -2.21. The van der Waals surface area contributed by atoms with Gasteiger partial charge in [0.15, 0.2) is 0 Å². The molecule has 0 heterocycles. The minimum absolute atomic E-state index is 0.181. The number of ether oxygens (including phenoxy) is 1. The van der Waals surface area contributed by atoms with Crippen molar-refractivity contribution in [1.82, 2.24) is 16.0 Å². The maximum Gasteiger partial charge on any atom is 0.325 e. The van der Waals surface area contributed by atoms with Gasteiger partial charge in [-0.25, -0.2) is 0 Å². The molecule has 0 aliphatic rings. The summed E-state index contributed by atoms with van der Waals surface area (Å²) in [4.78, 5) is 36.9. The van der Waals surface area contributed by atoms with Gasteiger partial charge in [0.1, 0.15) is 24.4 Å². The van der Waals surface area contributed by atoms with Gasteiger partial charge in [-0.05, 0) is 37.7 Å². The van der Waals surface area contributed by atoms with Crippen molar-refractivity contribution in [3.63, 3.8) is 0 Å². The van der Waals surface area contributed by atoms with Crippen molar-refractivity contribution in [1.29, 1.82) is 0 Å². The van der Waals surface area contributed by atoms with E-state index in [-0.39, 0.29) is 12.0 Å². The number of carboxylic acid groups (broad SMARTS) is 1. The molecule has 31 heavy (non-hydrogen) atoms. The van der Waals surface area contributed by atoms with E-state index >= 15 is 0 Å². The SMILES string of the molecule is CNCCOc1ccc(Cl)cc1C(=O)N[C@@H](Cc1ccccc1)C(=O)N[C@@H](C)C(=O)O. The zero-order chi connectivity index (χ0) is 22.8. The number of likely N-dealkylation sites (N-methyl/N-ethyl adjacent to an activating group) is 1. The first kappa shape index (κ1) is 24.2. The highest BCUT2D eigenvalue weighted by Crippen LogP contribution is 2.23. The monoisotopic (exact) mass is 447 g/mol. The van der Waals surface area contributed by atoms with Crippen molar-refractivity contribution in [2.45, 2.75) is 25.4 Å². The molecular formula is C22H26ClN3O5. The molecule has 8 nitrogen and oxygen atoms in total. The topological polar surface area (TPSA) is 117 Å². The van der Waals surface area contributed by atoms with E-state index in [1.54, 1.807) is 19.2 Å². The second kappa shape index (κ2) is 11.9. The molecule has 0 spiro atoms. The van der Waals surface area contributed by atoms with Crippen molar-refractivity contribution in [3.8, 4) is 5.75 Å². The van der Waals surface area contributed by atoms with E-state index < -0.39 is 29.9 Å². The van der Waals surface area contributed by atoms with Crippen LogP contribution in [0, 0.1) is 0 Å². The second-order valence-electron chi connectivity index (χ2n) is 6.88. The van der Waals surface area contributed by atoms with Crippen LogP contribution in [0.4, 0.5) is 0 Å². The number of halogens is 1. The molecule has 9 heteroatoms. The molecule has 0 aliphatic heterocycles. The number of carboxylic acids is 1. The van der Waals surface area contributed by atoms with Crippen molar-refractivity contribution in [2.75, 3.05) is 20.2 Å². The predicted octanol–water partition coefficient (Wildman–Crippen LogP) is 1.87. The Balaban J connectivity index is 2.24. The summed E-state index contributed by atoms with van der Waals surface area (Å²) in [6.07, 6.45) is 0.182. The fourth-order valence-electron chi connectivity index (χ4n) is 2.74. The number of benzene rings is 2. The zero-order valence-electron chi connectivity index (χ0n) is 17.4. The molecule has 0 aliphatic carbocycles. The summed E-state index contributed by atoms with van der Waals surface area (Å²) in [6.45, 7) is 2.27. The van der Waals surface area contributed by atoms with Crippen LogP contribution < -0.4 is 20.7 Å². The Labute approximate surface area is 185 Å². The first-order valence-corrected chi connectivity index (χ1v) is 10.1. The average molecular weight is 448 g/mol. The summed E-state index contributed by atoms with van der Waals surface area (Å²) in [5.74, 6) is -2.00. The standard InChI is InChI=1S/C22H26ClN3O5/c1-14(22(29)30)25-21(28)18(12-15-6-4-3-5-7-15)26-20(27)17-13-16(23)8-9-19(17)31-11-10-24-2/h3-9,13-14,18,24H,10-12H2,1-2H3,(H,25,28)(H,26,27)(H,29,30)/t14-,18-/m0/s1. The predicted molar refractivity (Wildman–Crippen MR) is 118 cm³/mol. The van der Waals surface area contributed by atoms with E-state index in [9.17, 15) is 14.4 Å². The van der Waals surface area contributed by atoms with Gasteiger partial charge in [-0.2, -0.15) is 0 Å². The number of aliphatic carboxylic acids is 1. The Hall–Kier alpha value is -3.10. The number of carbonyl (C=O) groups is 3. The highest BCUT2D eigenvalue weighted by molar-refractivity contribution is 6.31. The fourth-order valence-corrected chi connectivity index (χ4v) is 2.91. The van der Waals surface area contributed by atoms with Crippen molar-refractivity contribution < 1.29 is 24.2 Å². The van der Waals surface area contributed by atoms with Gasteiger partial charge in [0, 0.05) is 18.0 Å². The molecule has 0 radical (unpaired) electrons. The van der Waals surface area contributed by atoms with Crippen LogP contribution in [0.15, 0.2) is 48.5 Å². The van der Waals surface area contributed by atoms with Crippen molar-refractivity contribution in [3.05, 3.63) is 64.7 Å². The number of amides is 2. The third-order valence-corrected chi connectivity index (χ3v) is 4.66. The van der Waals surface area contributed by atoms with Gasteiger partial charge in [-0.3, -0.25) is 14.4 Å². The van der Waals surface area contributed by atoms with E-state index in [1.165, 1.54) is 13.0 Å². The van der Waals surface area contributed by atoms with E-state index in [1.807, 2.05) is 30.3 Å². The largest absolute Gasteiger partial charge is 0.491 e. The van der Waals surface area contributed by atoms with E-state index in [0.29, 0.717) is 23.9 Å². The van der Waals surface area contributed by atoms with Crippen molar-refractivity contribution in [2.24, 2.45) is 0 Å². The normalized spacial score (nSPS) is 12.5. The summed E-state index contributed by atoms with van der Waals surface area (Å²) in [7, 11) is 1.78. The average Bonchev–Trinajstić information content (AvgIpc) is 2.74.